The van der Waals surface area contributed by atoms with E-state index in [2.05, 4.69) is 10.5 Å². The number of amides is 2. The van der Waals surface area contributed by atoms with Crippen molar-refractivity contribution in [2.24, 2.45) is 5.92 Å². The molecule has 1 aliphatic heterocycles. The summed E-state index contributed by atoms with van der Waals surface area (Å²) in [5.41, 5.74) is 1.91. The lowest BCUT2D eigenvalue weighted by Crippen LogP contribution is -2.39. The van der Waals surface area contributed by atoms with Crippen molar-refractivity contribution >= 4 is 23.4 Å². The minimum atomic E-state index is -0.000456. The number of nitrogens with zero attached hydrogens (tertiary/aromatic N) is 2. The smallest absolute Gasteiger partial charge is 0.253 e. The van der Waals surface area contributed by atoms with Crippen molar-refractivity contribution in [3.8, 4) is 0 Å². The van der Waals surface area contributed by atoms with Crippen molar-refractivity contribution in [2.75, 3.05) is 19.6 Å². The van der Waals surface area contributed by atoms with Crippen LogP contribution in [0.25, 0.3) is 0 Å². The Morgan fingerprint density at radius 1 is 1.25 bits per heavy atom. The molecule has 0 bridgehead atoms. The molecule has 1 aromatic carbocycles. The Balaban J connectivity index is 1.32. The third-order valence-corrected chi connectivity index (χ3v) is 5.38. The zero-order valence-electron chi connectivity index (χ0n) is 16.1. The number of aromatic nitrogens is 1. The van der Waals surface area contributed by atoms with E-state index in [1.807, 2.05) is 36.1 Å². The van der Waals surface area contributed by atoms with Crippen molar-refractivity contribution in [3.05, 3.63) is 52.4 Å². The Hall–Kier alpha value is -2.34. The summed E-state index contributed by atoms with van der Waals surface area (Å²) in [6.45, 7) is 4.23. The van der Waals surface area contributed by atoms with Crippen LogP contribution in [-0.2, 0) is 11.2 Å². The van der Waals surface area contributed by atoms with Gasteiger partial charge in [0.1, 0.15) is 5.76 Å². The summed E-state index contributed by atoms with van der Waals surface area (Å²) in [4.78, 5) is 26.4. The number of likely N-dealkylation sites (tertiary alicyclic amines) is 1. The topological polar surface area (TPSA) is 75.4 Å². The lowest BCUT2D eigenvalue weighted by molar-refractivity contribution is -0.121. The van der Waals surface area contributed by atoms with E-state index in [1.54, 1.807) is 6.07 Å². The van der Waals surface area contributed by atoms with E-state index in [1.165, 1.54) is 0 Å². The first kappa shape index (κ1) is 20.4. The molecular weight excluding hydrogens is 378 g/mol. The average Bonchev–Trinajstić information content (AvgIpc) is 3.12. The Morgan fingerprint density at radius 3 is 2.61 bits per heavy atom. The molecule has 1 fully saturated rings. The van der Waals surface area contributed by atoms with Gasteiger partial charge >= 0.3 is 0 Å². The van der Waals surface area contributed by atoms with Crippen molar-refractivity contribution in [2.45, 2.75) is 39.0 Å². The molecule has 2 aromatic rings. The number of aryl methyl sites for hydroxylation is 2. The summed E-state index contributed by atoms with van der Waals surface area (Å²) in [5, 5.41) is 6.86. The highest BCUT2D eigenvalue weighted by atomic mass is 35.5. The van der Waals surface area contributed by atoms with Crippen LogP contribution in [0.2, 0.25) is 5.15 Å². The summed E-state index contributed by atoms with van der Waals surface area (Å²) in [6, 6.07) is 9.36. The summed E-state index contributed by atoms with van der Waals surface area (Å²) in [7, 11) is 0. The van der Waals surface area contributed by atoms with E-state index in [0.29, 0.717) is 36.2 Å². The van der Waals surface area contributed by atoms with Gasteiger partial charge in [-0.2, -0.15) is 0 Å². The molecular formula is C21H26ClN3O3. The zero-order chi connectivity index (χ0) is 19.9. The molecule has 1 N–H and O–H groups in total. The highest BCUT2D eigenvalue weighted by Gasteiger charge is 2.23. The van der Waals surface area contributed by atoms with Crippen LogP contribution in [-0.4, -0.2) is 41.5 Å². The third-order valence-electron chi connectivity index (χ3n) is 5.20. The maximum absolute atomic E-state index is 12.6. The van der Waals surface area contributed by atoms with E-state index in [0.717, 1.165) is 43.5 Å². The van der Waals surface area contributed by atoms with Crippen LogP contribution in [0.4, 0.5) is 0 Å². The van der Waals surface area contributed by atoms with Gasteiger partial charge in [-0.25, -0.2) is 0 Å². The van der Waals surface area contributed by atoms with Crippen molar-refractivity contribution in [1.29, 1.82) is 0 Å². The van der Waals surface area contributed by atoms with Gasteiger partial charge in [-0.15, -0.1) is 0 Å². The minimum Gasteiger partial charge on any atom is -0.360 e. The summed E-state index contributed by atoms with van der Waals surface area (Å²) < 4.78 is 4.99. The van der Waals surface area contributed by atoms with E-state index in [-0.39, 0.29) is 11.8 Å². The molecule has 1 aliphatic rings. The molecule has 1 saturated heterocycles. The van der Waals surface area contributed by atoms with Gasteiger partial charge in [0.15, 0.2) is 5.15 Å². The van der Waals surface area contributed by atoms with Gasteiger partial charge in [0.2, 0.25) is 5.91 Å². The number of halogens is 1. The normalized spacial score (nSPS) is 14.9. The number of rotatable bonds is 7. The van der Waals surface area contributed by atoms with E-state index < -0.39 is 0 Å². The van der Waals surface area contributed by atoms with Gasteiger partial charge in [-0.3, -0.25) is 9.59 Å². The Morgan fingerprint density at radius 2 is 1.96 bits per heavy atom. The van der Waals surface area contributed by atoms with Gasteiger partial charge in [0, 0.05) is 44.1 Å². The number of piperidine rings is 1. The van der Waals surface area contributed by atoms with Crippen LogP contribution in [0.5, 0.6) is 0 Å². The molecule has 7 heteroatoms. The zero-order valence-corrected chi connectivity index (χ0v) is 16.9. The molecule has 2 heterocycles. The summed E-state index contributed by atoms with van der Waals surface area (Å²) in [6.07, 6.45) is 3.74. The summed E-state index contributed by atoms with van der Waals surface area (Å²) in [5.74, 6) is 1.26. The summed E-state index contributed by atoms with van der Waals surface area (Å²) >= 11 is 5.69. The van der Waals surface area contributed by atoms with Crippen molar-refractivity contribution in [1.82, 2.24) is 15.4 Å². The molecule has 0 unspecified atom stereocenters. The number of carbonyl (C=O) groups excluding carboxylic acids is 2. The van der Waals surface area contributed by atoms with Crippen LogP contribution in [0, 0.1) is 12.8 Å². The van der Waals surface area contributed by atoms with Crippen LogP contribution < -0.4 is 5.32 Å². The van der Waals surface area contributed by atoms with Crippen LogP contribution in [0.1, 0.15) is 47.4 Å². The Labute approximate surface area is 170 Å². The molecule has 0 atom stereocenters. The maximum atomic E-state index is 12.6. The molecule has 150 valence electrons. The lowest BCUT2D eigenvalue weighted by Gasteiger charge is -2.32. The second kappa shape index (κ2) is 9.73. The van der Waals surface area contributed by atoms with E-state index >= 15 is 0 Å². The molecule has 28 heavy (non-hydrogen) atoms. The molecule has 0 radical (unpaired) electrons. The SMILES string of the molecule is Cc1ccc(C(=O)N2CCC(CCNC(=O)CCc3cc(Cl)no3)CC2)cc1. The highest BCUT2D eigenvalue weighted by Crippen LogP contribution is 2.21. The molecule has 1 aromatic heterocycles. The van der Waals surface area contributed by atoms with Gasteiger partial charge < -0.3 is 14.7 Å². The van der Waals surface area contributed by atoms with E-state index in [4.69, 9.17) is 16.1 Å². The highest BCUT2D eigenvalue weighted by molar-refractivity contribution is 6.29. The molecule has 0 saturated carbocycles. The van der Waals surface area contributed by atoms with Crippen LogP contribution >= 0.6 is 11.6 Å². The molecule has 2 amide bonds. The van der Waals surface area contributed by atoms with Crippen molar-refractivity contribution in [3.63, 3.8) is 0 Å². The standard InChI is InChI=1S/C21H26ClN3O3/c1-15-2-4-17(5-3-15)21(27)25-12-9-16(10-13-25)8-11-23-20(26)7-6-18-14-19(22)24-28-18/h2-5,14,16H,6-13H2,1H3,(H,23,26). The first-order valence-corrected chi connectivity index (χ1v) is 10.1. The van der Waals surface area contributed by atoms with Gasteiger partial charge in [0.05, 0.1) is 0 Å². The van der Waals surface area contributed by atoms with Crippen molar-refractivity contribution < 1.29 is 14.1 Å². The Bertz CT molecular complexity index is 795. The fourth-order valence-electron chi connectivity index (χ4n) is 3.45. The number of hydrogen-bond donors (Lipinski definition) is 1. The largest absolute Gasteiger partial charge is 0.360 e. The molecule has 3 rings (SSSR count). The van der Waals surface area contributed by atoms with Crippen LogP contribution in [0.3, 0.4) is 0 Å². The van der Waals surface area contributed by atoms with Crippen LogP contribution in [0.15, 0.2) is 34.9 Å². The lowest BCUT2D eigenvalue weighted by atomic mass is 9.93. The quantitative estimate of drug-likeness (QED) is 0.765. The second-order valence-corrected chi connectivity index (χ2v) is 7.74. The number of benzene rings is 1. The van der Waals surface area contributed by atoms with Gasteiger partial charge in [-0.1, -0.05) is 34.5 Å². The third kappa shape index (κ3) is 5.83. The molecule has 6 nitrogen and oxygen atoms in total. The first-order chi connectivity index (χ1) is 13.5. The average molecular weight is 404 g/mol. The maximum Gasteiger partial charge on any atom is 0.253 e. The minimum absolute atomic E-state index is 0.000456. The first-order valence-electron chi connectivity index (χ1n) is 9.75. The van der Waals surface area contributed by atoms with Gasteiger partial charge in [-0.05, 0) is 44.2 Å². The molecule has 0 aliphatic carbocycles. The fraction of sp³-hybridized carbons (Fsp3) is 0.476. The van der Waals surface area contributed by atoms with Gasteiger partial charge in [0.25, 0.3) is 5.91 Å². The number of carbonyl (C=O) groups is 2. The Kier molecular flexibility index (Phi) is 7.09. The second-order valence-electron chi connectivity index (χ2n) is 7.36. The predicted octanol–water partition coefficient (Wildman–Crippen LogP) is 3.63. The monoisotopic (exact) mass is 403 g/mol. The molecule has 0 spiro atoms. The number of nitrogens with one attached hydrogen (secondary N) is 1. The predicted molar refractivity (Wildman–Crippen MR) is 107 cm³/mol. The fourth-order valence-corrected chi connectivity index (χ4v) is 3.61. The van der Waals surface area contributed by atoms with E-state index in [9.17, 15) is 9.59 Å². The number of hydrogen-bond acceptors (Lipinski definition) is 4.